The summed E-state index contributed by atoms with van der Waals surface area (Å²) in [5.74, 6) is -0.307. The molecule has 0 amide bonds. The lowest BCUT2D eigenvalue weighted by Crippen LogP contribution is -2.01. The Kier molecular flexibility index (Phi) is 15.2. The van der Waals surface area contributed by atoms with Crippen LogP contribution in [0.3, 0.4) is 0 Å². The summed E-state index contributed by atoms with van der Waals surface area (Å²) in [6, 6.07) is 0. The molecular weight excluding hydrogens is 248 g/mol. The second-order valence-corrected chi connectivity index (χ2v) is 5.25. The zero-order valence-corrected chi connectivity index (χ0v) is 13.2. The van der Waals surface area contributed by atoms with Crippen LogP contribution in [0, 0.1) is 0 Å². The van der Waals surface area contributed by atoms with Crippen LogP contribution in [0.4, 0.5) is 0 Å². The Labute approximate surface area is 125 Å². The van der Waals surface area contributed by atoms with Gasteiger partial charge in [0.2, 0.25) is 0 Å². The van der Waals surface area contributed by atoms with Crippen LogP contribution in [0.25, 0.3) is 0 Å². The van der Waals surface area contributed by atoms with Crippen molar-refractivity contribution in [3.63, 3.8) is 0 Å². The van der Waals surface area contributed by atoms with Crippen molar-refractivity contribution in [3.05, 3.63) is 24.8 Å². The number of rotatable bonds is 14. The molecule has 0 unspecified atom stereocenters. The molecule has 0 aliphatic rings. The largest absolute Gasteiger partial charge is 0.463 e. The molecule has 0 rings (SSSR count). The first-order valence-corrected chi connectivity index (χ1v) is 8.25. The van der Waals surface area contributed by atoms with Crippen molar-refractivity contribution in [2.75, 3.05) is 6.61 Å². The minimum absolute atomic E-state index is 0.307. The lowest BCUT2D eigenvalue weighted by Gasteiger charge is -2.02. The highest BCUT2D eigenvalue weighted by molar-refractivity contribution is 5.81. The molecule has 0 heterocycles. The monoisotopic (exact) mass is 280 g/mol. The summed E-state index contributed by atoms with van der Waals surface area (Å²) in [6.07, 6.45) is 19.6. The predicted molar refractivity (Wildman–Crippen MR) is 86.8 cm³/mol. The Morgan fingerprint density at radius 3 is 2.05 bits per heavy atom. The SMILES string of the molecule is C=CC(=O)OCCCCCCCCCC/C=C/CCC. The van der Waals surface area contributed by atoms with E-state index >= 15 is 0 Å². The molecule has 20 heavy (non-hydrogen) atoms. The first-order valence-electron chi connectivity index (χ1n) is 8.25. The molecule has 0 radical (unpaired) electrons. The van der Waals surface area contributed by atoms with Gasteiger partial charge in [0.1, 0.15) is 0 Å². The number of carbonyl (C=O) groups is 1. The molecule has 0 bridgehead atoms. The average molecular weight is 280 g/mol. The Hall–Kier alpha value is -1.05. The summed E-state index contributed by atoms with van der Waals surface area (Å²) in [5, 5.41) is 0. The summed E-state index contributed by atoms with van der Waals surface area (Å²) in [5.41, 5.74) is 0. The van der Waals surface area contributed by atoms with E-state index in [1.165, 1.54) is 63.9 Å². The van der Waals surface area contributed by atoms with Crippen LogP contribution in [0.1, 0.15) is 77.6 Å². The van der Waals surface area contributed by atoms with E-state index in [-0.39, 0.29) is 5.97 Å². The van der Waals surface area contributed by atoms with Crippen LogP contribution in [-0.4, -0.2) is 12.6 Å². The first-order chi connectivity index (χ1) is 9.81. The van der Waals surface area contributed by atoms with Gasteiger partial charge in [-0.3, -0.25) is 0 Å². The van der Waals surface area contributed by atoms with E-state index in [0.717, 1.165) is 12.8 Å². The van der Waals surface area contributed by atoms with Gasteiger partial charge in [-0.25, -0.2) is 4.79 Å². The number of unbranched alkanes of at least 4 members (excludes halogenated alkanes) is 9. The second kappa shape index (κ2) is 16.0. The van der Waals surface area contributed by atoms with Gasteiger partial charge in [0.25, 0.3) is 0 Å². The van der Waals surface area contributed by atoms with Crippen molar-refractivity contribution in [2.45, 2.75) is 77.6 Å². The molecule has 0 N–H and O–H groups in total. The molecule has 0 saturated carbocycles. The van der Waals surface area contributed by atoms with E-state index in [9.17, 15) is 4.79 Å². The van der Waals surface area contributed by atoms with Crippen molar-refractivity contribution < 1.29 is 9.53 Å². The first kappa shape index (κ1) is 18.9. The van der Waals surface area contributed by atoms with Crippen molar-refractivity contribution >= 4 is 5.97 Å². The normalized spacial score (nSPS) is 10.8. The van der Waals surface area contributed by atoms with Gasteiger partial charge in [0.15, 0.2) is 0 Å². The lowest BCUT2D eigenvalue weighted by atomic mass is 10.1. The minimum atomic E-state index is -0.307. The third kappa shape index (κ3) is 15.0. The van der Waals surface area contributed by atoms with Gasteiger partial charge in [-0.05, 0) is 25.7 Å². The fourth-order valence-electron chi connectivity index (χ4n) is 2.06. The van der Waals surface area contributed by atoms with Gasteiger partial charge in [0, 0.05) is 6.08 Å². The van der Waals surface area contributed by atoms with E-state index in [1.807, 2.05) is 0 Å². The number of hydrogen-bond acceptors (Lipinski definition) is 2. The van der Waals surface area contributed by atoms with Crippen LogP contribution < -0.4 is 0 Å². The molecule has 0 aromatic heterocycles. The summed E-state index contributed by atoms with van der Waals surface area (Å²) < 4.78 is 4.93. The highest BCUT2D eigenvalue weighted by atomic mass is 16.5. The van der Waals surface area contributed by atoms with Crippen LogP contribution >= 0.6 is 0 Å². The molecule has 0 atom stereocenters. The van der Waals surface area contributed by atoms with Crippen LogP contribution in [0.2, 0.25) is 0 Å². The van der Waals surface area contributed by atoms with E-state index < -0.39 is 0 Å². The lowest BCUT2D eigenvalue weighted by molar-refractivity contribution is -0.137. The predicted octanol–water partition coefficient (Wildman–Crippen LogP) is 5.58. The number of esters is 1. The van der Waals surface area contributed by atoms with Crippen molar-refractivity contribution in [1.29, 1.82) is 0 Å². The molecule has 0 fully saturated rings. The Morgan fingerprint density at radius 2 is 1.45 bits per heavy atom. The molecule has 2 nitrogen and oxygen atoms in total. The van der Waals surface area contributed by atoms with Gasteiger partial charge >= 0.3 is 5.97 Å². The van der Waals surface area contributed by atoms with E-state index in [4.69, 9.17) is 4.74 Å². The molecule has 0 aromatic carbocycles. The number of carbonyl (C=O) groups excluding carboxylic acids is 1. The fraction of sp³-hybridized carbons (Fsp3) is 0.722. The van der Waals surface area contributed by atoms with Crippen LogP contribution in [0.5, 0.6) is 0 Å². The summed E-state index contributed by atoms with van der Waals surface area (Å²) in [6.45, 7) is 6.12. The maximum Gasteiger partial charge on any atom is 0.330 e. The molecule has 0 aliphatic heterocycles. The zero-order chi connectivity index (χ0) is 14.9. The molecular formula is C18H32O2. The van der Waals surface area contributed by atoms with Gasteiger partial charge in [-0.1, -0.05) is 70.6 Å². The summed E-state index contributed by atoms with van der Waals surface area (Å²) >= 11 is 0. The molecule has 0 aliphatic carbocycles. The van der Waals surface area contributed by atoms with E-state index in [1.54, 1.807) is 0 Å². The fourth-order valence-corrected chi connectivity index (χ4v) is 2.06. The molecule has 0 spiro atoms. The van der Waals surface area contributed by atoms with Gasteiger partial charge in [-0.15, -0.1) is 0 Å². The quantitative estimate of drug-likeness (QED) is 0.180. The maximum absolute atomic E-state index is 10.8. The number of hydrogen-bond donors (Lipinski definition) is 0. The topological polar surface area (TPSA) is 26.3 Å². The number of allylic oxidation sites excluding steroid dienone is 2. The zero-order valence-electron chi connectivity index (χ0n) is 13.2. The third-order valence-corrected chi connectivity index (χ3v) is 3.30. The smallest absolute Gasteiger partial charge is 0.330 e. The Bertz CT molecular complexity index is 256. The summed E-state index contributed by atoms with van der Waals surface area (Å²) in [7, 11) is 0. The highest BCUT2D eigenvalue weighted by Crippen LogP contribution is 2.10. The van der Waals surface area contributed by atoms with Crippen molar-refractivity contribution in [3.8, 4) is 0 Å². The molecule has 116 valence electrons. The number of ether oxygens (including phenoxy) is 1. The van der Waals surface area contributed by atoms with Gasteiger partial charge in [0.05, 0.1) is 6.61 Å². The standard InChI is InChI=1S/C18H32O2/c1-3-5-6-7-8-9-10-11-12-13-14-15-16-17-20-18(19)4-2/h4,6-7H,2-3,5,8-17H2,1H3/b7-6+. The summed E-state index contributed by atoms with van der Waals surface area (Å²) in [4.78, 5) is 10.8. The average Bonchev–Trinajstić information content (AvgIpc) is 2.47. The Morgan fingerprint density at radius 1 is 0.900 bits per heavy atom. The third-order valence-electron chi connectivity index (χ3n) is 3.30. The van der Waals surface area contributed by atoms with Crippen LogP contribution in [0.15, 0.2) is 24.8 Å². The van der Waals surface area contributed by atoms with Crippen molar-refractivity contribution in [1.82, 2.24) is 0 Å². The minimum Gasteiger partial charge on any atom is -0.463 e. The van der Waals surface area contributed by atoms with Crippen molar-refractivity contribution in [2.24, 2.45) is 0 Å². The Balaban J connectivity index is 3.06. The maximum atomic E-state index is 10.8. The molecule has 0 aromatic rings. The van der Waals surface area contributed by atoms with Gasteiger partial charge < -0.3 is 4.74 Å². The molecule has 2 heteroatoms. The highest BCUT2D eigenvalue weighted by Gasteiger charge is 1.95. The van der Waals surface area contributed by atoms with Crippen LogP contribution in [-0.2, 0) is 9.53 Å². The van der Waals surface area contributed by atoms with E-state index in [0.29, 0.717) is 6.61 Å². The molecule has 0 saturated heterocycles. The second-order valence-electron chi connectivity index (χ2n) is 5.25. The van der Waals surface area contributed by atoms with Gasteiger partial charge in [-0.2, -0.15) is 0 Å². The van der Waals surface area contributed by atoms with E-state index in [2.05, 4.69) is 25.7 Å².